The van der Waals surface area contributed by atoms with E-state index >= 15 is 0 Å². The number of carbonyl (C=O) groups is 1. The summed E-state index contributed by atoms with van der Waals surface area (Å²) in [6.45, 7) is 0. The molecule has 0 fully saturated rings. The molecule has 9 nitrogen and oxygen atoms in total. The van der Waals surface area contributed by atoms with Crippen molar-refractivity contribution in [3.63, 3.8) is 0 Å². The molecule has 0 bridgehead atoms. The molecule has 31 heavy (non-hydrogen) atoms. The number of amides is 1. The molecular weight excluding hydrogens is 392 g/mol. The van der Waals surface area contributed by atoms with Crippen molar-refractivity contribution < 1.29 is 4.79 Å². The first kappa shape index (κ1) is 18.7. The number of nitrogens with zero attached hydrogens (tertiary/aromatic N) is 6. The first-order chi connectivity index (χ1) is 15.1. The Kier molecular flexibility index (Phi) is 4.55. The van der Waals surface area contributed by atoms with Crippen molar-refractivity contribution in [2.45, 2.75) is 12.8 Å². The number of aromatic nitrogens is 7. The number of aryl methyl sites for hydroxylation is 3. The van der Waals surface area contributed by atoms with E-state index in [0.29, 0.717) is 12.0 Å². The molecule has 9 heteroatoms. The minimum Gasteiger partial charge on any atom is -0.366 e. The van der Waals surface area contributed by atoms with Gasteiger partial charge in [-0.05, 0) is 42.3 Å². The van der Waals surface area contributed by atoms with Crippen LogP contribution >= 0.6 is 0 Å². The number of imidazole rings is 1. The molecule has 0 radical (unpaired) electrons. The monoisotopic (exact) mass is 412 g/mol. The Balaban J connectivity index is 1.50. The molecule has 0 aliphatic carbocycles. The minimum atomic E-state index is -0.428. The summed E-state index contributed by atoms with van der Waals surface area (Å²) in [6, 6.07) is 13.2. The highest BCUT2D eigenvalue weighted by atomic mass is 16.1. The fourth-order valence-electron chi connectivity index (χ4n) is 3.58. The van der Waals surface area contributed by atoms with Crippen LogP contribution in [0.4, 0.5) is 0 Å². The van der Waals surface area contributed by atoms with Crippen LogP contribution in [0.15, 0.2) is 61.2 Å². The molecule has 4 heterocycles. The average molecular weight is 412 g/mol. The van der Waals surface area contributed by atoms with Crippen molar-refractivity contribution in [1.82, 2.24) is 34.3 Å². The molecule has 5 rings (SSSR count). The number of nitrogens with two attached hydrogens (primary N) is 1. The molecule has 0 atom stereocenters. The Bertz CT molecular complexity index is 1390. The SMILES string of the molecule is Cn1ccc(-c2[nH]c(CCc3cccc(C(N)=O)c3)nc2-c2ccc3ncnn3c2)n1. The van der Waals surface area contributed by atoms with Crippen LogP contribution in [0.3, 0.4) is 0 Å². The minimum absolute atomic E-state index is 0.428. The fraction of sp³-hybridized carbons (Fsp3) is 0.136. The zero-order valence-electron chi connectivity index (χ0n) is 16.9. The normalized spacial score (nSPS) is 11.3. The van der Waals surface area contributed by atoms with E-state index in [2.05, 4.69) is 20.2 Å². The van der Waals surface area contributed by atoms with Gasteiger partial charge in [0.2, 0.25) is 5.91 Å². The molecule has 0 saturated carbocycles. The maximum Gasteiger partial charge on any atom is 0.248 e. The Morgan fingerprint density at radius 3 is 2.87 bits per heavy atom. The first-order valence-electron chi connectivity index (χ1n) is 9.84. The van der Waals surface area contributed by atoms with E-state index in [9.17, 15) is 4.79 Å². The maximum absolute atomic E-state index is 11.4. The lowest BCUT2D eigenvalue weighted by Gasteiger charge is -2.02. The third-order valence-electron chi connectivity index (χ3n) is 5.13. The Morgan fingerprint density at radius 1 is 1.16 bits per heavy atom. The molecule has 5 aromatic rings. The highest BCUT2D eigenvalue weighted by Crippen LogP contribution is 2.29. The molecule has 3 N–H and O–H groups in total. The van der Waals surface area contributed by atoms with Crippen LogP contribution in [0, 0.1) is 0 Å². The summed E-state index contributed by atoms with van der Waals surface area (Å²) < 4.78 is 3.48. The van der Waals surface area contributed by atoms with Crippen molar-refractivity contribution in [3.8, 4) is 22.6 Å². The summed E-state index contributed by atoms with van der Waals surface area (Å²) in [5.41, 5.74) is 11.1. The number of rotatable bonds is 6. The van der Waals surface area contributed by atoms with Crippen molar-refractivity contribution in [2.75, 3.05) is 0 Å². The van der Waals surface area contributed by atoms with Gasteiger partial charge in [0.15, 0.2) is 5.65 Å². The topological polar surface area (TPSA) is 120 Å². The molecule has 0 aliphatic heterocycles. The number of primary amides is 1. The fourth-order valence-corrected chi connectivity index (χ4v) is 3.58. The van der Waals surface area contributed by atoms with Crippen LogP contribution in [0.25, 0.3) is 28.3 Å². The molecule has 0 spiro atoms. The number of aromatic amines is 1. The van der Waals surface area contributed by atoms with Crippen LogP contribution in [0.5, 0.6) is 0 Å². The van der Waals surface area contributed by atoms with E-state index in [4.69, 9.17) is 10.7 Å². The largest absolute Gasteiger partial charge is 0.366 e. The van der Waals surface area contributed by atoms with Crippen LogP contribution in [-0.4, -0.2) is 40.3 Å². The van der Waals surface area contributed by atoms with Gasteiger partial charge in [0.05, 0.1) is 11.4 Å². The molecule has 0 aliphatic rings. The van der Waals surface area contributed by atoms with Crippen LogP contribution in [0.1, 0.15) is 21.7 Å². The number of benzene rings is 1. The third-order valence-corrected chi connectivity index (χ3v) is 5.13. The van der Waals surface area contributed by atoms with Gasteiger partial charge in [-0.25, -0.2) is 14.5 Å². The molecule has 0 unspecified atom stereocenters. The van der Waals surface area contributed by atoms with Crippen molar-refractivity contribution in [2.24, 2.45) is 12.8 Å². The van der Waals surface area contributed by atoms with Crippen molar-refractivity contribution in [1.29, 1.82) is 0 Å². The summed E-state index contributed by atoms with van der Waals surface area (Å²) in [5.74, 6) is 0.405. The number of pyridine rings is 1. The van der Waals surface area contributed by atoms with Gasteiger partial charge in [-0.3, -0.25) is 9.48 Å². The molecule has 0 saturated heterocycles. The number of nitrogens with one attached hydrogen (secondary N) is 1. The predicted molar refractivity (Wildman–Crippen MR) is 115 cm³/mol. The van der Waals surface area contributed by atoms with E-state index in [-0.39, 0.29) is 0 Å². The van der Waals surface area contributed by atoms with Crippen LogP contribution < -0.4 is 5.73 Å². The van der Waals surface area contributed by atoms with Gasteiger partial charge < -0.3 is 10.7 Å². The standard InChI is InChI=1S/C22H20N8O/c1-29-10-9-17(28-29)21-20(16-6-8-19-24-13-25-30(19)12-16)26-18(27-21)7-5-14-3-2-4-15(11-14)22(23)31/h2-4,6,8-13H,5,7H2,1H3,(H2,23,31)(H,26,27). The smallest absolute Gasteiger partial charge is 0.248 e. The van der Waals surface area contributed by atoms with E-state index in [1.54, 1.807) is 15.3 Å². The maximum atomic E-state index is 11.4. The lowest BCUT2D eigenvalue weighted by atomic mass is 10.1. The number of fused-ring (bicyclic) bond motifs is 1. The van der Waals surface area contributed by atoms with Gasteiger partial charge in [0, 0.05) is 37.0 Å². The molecule has 154 valence electrons. The first-order valence-corrected chi connectivity index (χ1v) is 9.84. The van der Waals surface area contributed by atoms with Crippen molar-refractivity contribution in [3.05, 3.63) is 78.1 Å². The Hall–Kier alpha value is -4.27. The third kappa shape index (κ3) is 3.68. The summed E-state index contributed by atoms with van der Waals surface area (Å²) in [7, 11) is 1.88. The summed E-state index contributed by atoms with van der Waals surface area (Å²) >= 11 is 0. The quantitative estimate of drug-likeness (QED) is 0.444. The van der Waals surface area contributed by atoms with Crippen LogP contribution in [0.2, 0.25) is 0 Å². The summed E-state index contributed by atoms with van der Waals surface area (Å²) in [4.78, 5) is 24.0. The molecular formula is C22H20N8O. The van der Waals surface area contributed by atoms with E-state index in [1.165, 1.54) is 6.33 Å². The van der Waals surface area contributed by atoms with Gasteiger partial charge in [-0.2, -0.15) is 10.2 Å². The average Bonchev–Trinajstić information content (AvgIpc) is 3.51. The van der Waals surface area contributed by atoms with Gasteiger partial charge in [0.1, 0.15) is 17.8 Å². The summed E-state index contributed by atoms with van der Waals surface area (Å²) in [6.07, 6.45) is 6.72. The Labute approximate surface area is 177 Å². The van der Waals surface area contributed by atoms with Crippen molar-refractivity contribution >= 4 is 11.6 Å². The highest BCUT2D eigenvalue weighted by Gasteiger charge is 2.17. The second-order valence-electron chi connectivity index (χ2n) is 7.33. The lowest BCUT2D eigenvalue weighted by Crippen LogP contribution is -2.11. The van der Waals surface area contributed by atoms with Gasteiger partial charge in [0.25, 0.3) is 0 Å². The summed E-state index contributed by atoms with van der Waals surface area (Å²) in [5, 5.41) is 8.77. The number of hydrogen-bond acceptors (Lipinski definition) is 5. The number of hydrogen-bond donors (Lipinski definition) is 2. The Morgan fingerprint density at radius 2 is 2.06 bits per heavy atom. The van der Waals surface area contributed by atoms with Gasteiger partial charge in [-0.15, -0.1) is 0 Å². The predicted octanol–water partition coefficient (Wildman–Crippen LogP) is 2.40. The number of H-pyrrole nitrogens is 1. The van der Waals surface area contributed by atoms with Gasteiger partial charge >= 0.3 is 0 Å². The highest BCUT2D eigenvalue weighted by molar-refractivity contribution is 5.92. The van der Waals surface area contributed by atoms with Gasteiger partial charge in [-0.1, -0.05) is 12.1 Å². The molecule has 1 aromatic carbocycles. The molecule has 1 amide bonds. The zero-order chi connectivity index (χ0) is 21.4. The van der Waals surface area contributed by atoms with E-state index in [0.717, 1.165) is 46.1 Å². The van der Waals surface area contributed by atoms with E-state index < -0.39 is 5.91 Å². The van der Waals surface area contributed by atoms with Crippen LogP contribution in [-0.2, 0) is 19.9 Å². The molecule has 4 aromatic heterocycles. The second-order valence-corrected chi connectivity index (χ2v) is 7.33. The number of carbonyl (C=O) groups excluding carboxylic acids is 1. The zero-order valence-corrected chi connectivity index (χ0v) is 16.9. The lowest BCUT2D eigenvalue weighted by molar-refractivity contribution is 0.1000. The van der Waals surface area contributed by atoms with E-state index in [1.807, 2.05) is 55.8 Å². The second kappa shape index (κ2) is 7.52.